The van der Waals surface area contributed by atoms with E-state index in [-0.39, 0.29) is 24.3 Å². The second-order valence-electron chi connectivity index (χ2n) is 6.70. The molecule has 1 aliphatic rings. The highest BCUT2D eigenvalue weighted by Gasteiger charge is 2.43. The summed E-state index contributed by atoms with van der Waals surface area (Å²) in [6.07, 6.45) is 2.03. The molecule has 1 fully saturated rings. The zero-order valence-corrected chi connectivity index (χ0v) is 14.6. The third-order valence-electron chi connectivity index (χ3n) is 4.62. The number of alkyl halides is 2. The van der Waals surface area contributed by atoms with Crippen LogP contribution in [0.1, 0.15) is 24.8 Å². The second-order valence-corrected chi connectivity index (χ2v) is 6.70. The van der Waals surface area contributed by atoms with E-state index in [1.165, 1.54) is 36.2 Å². The number of hydrogen-bond acceptors (Lipinski definition) is 4. The SMILES string of the molecule is C[C@H](C(=O)Nc1ccc(F)cn1)N1C[C@@H](c2ccc(=O)[nH]c2)CC(F)(F)C1. The maximum Gasteiger partial charge on any atom is 0.261 e. The van der Waals surface area contributed by atoms with Gasteiger partial charge in [-0.3, -0.25) is 14.5 Å². The number of anilines is 1. The van der Waals surface area contributed by atoms with Crippen LogP contribution in [0.2, 0.25) is 0 Å². The molecule has 9 heteroatoms. The molecule has 1 amide bonds. The number of halogens is 3. The summed E-state index contributed by atoms with van der Waals surface area (Å²) in [6.45, 7) is 1.23. The molecule has 0 aliphatic carbocycles. The van der Waals surface area contributed by atoms with E-state index in [1.54, 1.807) is 0 Å². The van der Waals surface area contributed by atoms with Gasteiger partial charge >= 0.3 is 0 Å². The lowest BCUT2D eigenvalue weighted by Gasteiger charge is -2.40. The summed E-state index contributed by atoms with van der Waals surface area (Å²) < 4.78 is 41.4. The number of piperidine rings is 1. The van der Waals surface area contributed by atoms with Crippen molar-refractivity contribution < 1.29 is 18.0 Å². The lowest BCUT2D eigenvalue weighted by Crippen LogP contribution is -2.53. The summed E-state index contributed by atoms with van der Waals surface area (Å²) in [4.78, 5) is 31.2. The van der Waals surface area contributed by atoms with Crippen LogP contribution < -0.4 is 10.9 Å². The minimum atomic E-state index is -2.97. The number of pyridine rings is 2. The van der Waals surface area contributed by atoms with E-state index >= 15 is 0 Å². The van der Waals surface area contributed by atoms with Gasteiger partial charge in [0.05, 0.1) is 18.8 Å². The van der Waals surface area contributed by atoms with Crippen LogP contribution in [0.25, 0.3) is 0 Å². The van der Waals surface area contributed by atoms with E-state index in [0.717, 1.165) is 12.3 Å². The fraction of sp³-hybridized carbons (Fsp3) is 0.389. The second kappa shape index (κ2) is 7.51. The summed E-state index contributed by atoms with van der Waals surface area (Å²) >= 11 is 0. The zero-order chi connectivity index (χ0) is 19.6. The average molecular weight is 380 g/mol. The lowest BCUT2D eigenvalue weighted by molar-refractivity contribution is -0.126. The number of likely N-dealkylation sites (tertiary alicyclic amines) is 1. The van der Waals surface area contributed by atoms with E-state index in [9.17, 15) is 22.8 Å². The molecule has 0 unspecified atom stereocenters. The van der Waals surface area contributed by atoms with Crippen LogP contribution in [0.4, 0.5) is 19.0 Å². The molecule has 0 bridgehead atoms. The Morgan fingerprint density at radius 3 is 2.78 bits per heavy atom. The predicted octanol–water partition coefficient (Wildman–Crippen LogP) is 2.36. The van der Waals surface area contributed by atoms with E-state index in [4.69, 9.17) is 0 Å². The Labute approximate surface area is 153 Å². The van der Waals surface area contributed by atoms with Crippen LogP contribution in [-0.4, -0.2) is 45.8 Å². The highest BCUT2D eigenvalue weighted by atomic mass is 19.3. The third kappa shape index (κ3) is 4.73. The molecule has 0 saturated carbocycles. The largest absolute Gasteiger partial charge is 0.329 e. The summed E-state index contributed by atoms with van der Waals surface area (Å²) in [5, 5.41) is 2.50. The van der Waals surface area contributed by atoms with Gasteiger partial charge in [-0.25, -0.2) is 18.2 Å². The molecule has 0 radical (unpaired) electrons. The molecule has 0 spiro atoms. The molecule has 1 aliphatic heterocycles. The number of rotatable bonds is 4. The Bertz CT molecular complexity index is 849. The van der Waals surface area contributed by atoms with Crippen molar-refractivity contribution >= 4 is 11.7 Å². The maximum atomic E-state index is 14.3. The van der Waals surface area contributed by atoms with Gasteiger partial charge < -0.3 is 10.3 Å². The van der Waals surface area contributed by atoms with Crippen LogP contribution in [0.15, 0.2) is 41.5 Å². The Hall–Kier alpha value is -2.68. The first kappa shape index (κ1) is 19.1. The zero-order valence-electron chi connectivity index (χ0n) is 14.6. The number of aromatic nitrogens is 2. The first-order valence-electron chi connectivity index (χ1n) is 8.46. The third-order valence-corrected chi connectivity index (χ3v) is 4.62. The minimum absolute atomic E-state index is 0.147. The summed E-state index contributed by atoms with van der Waals surface area (Å²) in [5.41, 5.74) is 0.282. The molecule has 2 atom stereocenters. The van der Waals surface area contributed by atoms with Crippen LogP contribution in [-0.2, 0) is 4.79 Å². The van der Waals surface area contributed by atoms with E-state index in [1.807, 2.05) is 0 Å². The molecular formula is C18H19F3N4O2. The monoisotopic (exact) mass is 380 g/mol. The van der Waals surface area contributed by atoms with Gasteiger partial charge in [0.1, 0.15) is 11.6 Å². The standard InChI is InChI=1S/C18H19F3N4O2/c1-11(17(27)24-15-4-3-14(19)8-22-15)25-9-13(6-18(20,21)10-25)12-2-5-16(26)23-7-12/h2-5,7-8,11,13H,6,9-10H2,1H3,(H,23,26)(H,22,24,27)/t11-,13+/m1/s1. The highest BCUT2D eigenvalue weighted by Crippen LogP contribution is 2.36. The normalized spacial score (nSPS) is 20.8. The lowest BCUT2D eigenvalue weighted by atomic mass is 9.89. The van der Waals surface area contributed by atoms with Crippen LogP contribution >= 0.6 is 0 Å². The molecule has 2 N–H and O–H groups in total. The van der Waals surface area contributed by atoms with Crippen molar-refractivity contribution in [3.05, 3.63) is 58.4 Å². The van der Waals surface area contributed by atoms with Crippen LogP contribution in [0.3, 0.4) is 0 Å². The smallest absolute Gasteiger partial charge is 0.261 e. The number of H-pyrrole nitrogens is 1. The fourth-order valence-corrected chi connectivity index (χ4v) is 3.18. The van der Waals surface area contributed by atoms with Gasteiger partial charge in [-0.2, -0.15) is 0 Å². The van der Waals surface area contributed by atoms with Crippen molar-refractivity contribution in [3.63, 3.8) is 0 Å². The number of nitrogens with zero attached hydrogens (tertiary/aromatic N) is 2. The first-order chi connectivity index (χ1) is 12.7. The quantitative estimate of drug-likeness (QED) is 0.854. The van der Waals surface area contributed by atoms with Gasteiger partial charge in [0.15, 0.2) is 0 Å². The fourth-order valence-electron chi connectivity index (χ4n) is 3.18. The molecule has 2 aromatic heterocycles. The number of carbonyl (C=O) groups is 1. The van der Waals surface area contributed by atoms with Gasteiger partial charge in [0, 0.05) is 31.1 Å². The van der Waals surface area contributed by atoms with Gasteiger partial charge in [-0.1, -0.05) is 6.07 Å². The number of nitrogens with one attached hydrogen (secondary N) is 2. The van der Waals surface area contributed by atoms with Gasteiger partial charge in [-0.15, -0.1) is 0 Å². The number of carbonyl (C=O) groups excluding carboxylic acids is 1. The van der Waals surface area contributed by atoms with E-state index in [0.29, 0.717) is 5.56 Å². The maximum absolute atomic E-state index is 14.3. The molecule has 3 heterocycles. The van der Waals surface area contributed by atoms with E-state index in [2.05, 4.69) is 15.3 Å². The highest BCUT2D eigenvalue weighted by molar-refractivity contribution is 5.93. The Morgan fingerprint density at radius 1 is 1.37 bits per heavy atom. The van der Waals surface area contributed by atoms with Crippen molar-refractivity contribution in [2.75, 3.05) is 18.4 Å². The summed E-state index contributed by atoms with van der Waals surface area (Å²) in [5.74, 6) is -4.40. The van der Waals surface area contributed by atoms with E-state index < -0.39 is 36.2 Å². The first-order valence-corrected chi connectivity index (χ1v) is 8.46. The molecule has 144 valence electrons. The molecule has 1 saturated heterocycles. The Morgan fingerprint density at radius 2 is 2.15 bits per heavy atom. The van der Waals surface area contributed by atoms with Crippen molar-refractivity contribution in [1.82, 2.24) is 14.9 Å². The Kier molecular flexibility index (Phi) is 5.31. The van der Waals surface area contributed by atoms with Crippen LogP contribution in [0.5, 0.6) is 0 Å². The van der Waals surface area contributed by atoms with Gasteiger partial charge in [0.25, 0.3) is 5.92 Å². The number of amides is 1. The molecular weight excluding hydrogens is 361 g/mol. The number of aromatic amines is 1. The Balaban J connectivity index is 1.73. The molecule has 3 rings (SSSR count). The molecule has 27 heavy (non-hydrogen) atoms. The van der Waals surface area contributed by atoms with Crippen molar-refractivity contribution in [1.29, 1.82) is 0 Å². The predicted molar refractivity (Wildman–Crippen MR) is 93.2 cm³/mol. The molecule has 2 aromatic rings. The average Bonchev–Trinajstić information content (AvgIpc) is 2.62. The van der Waals surface area contributed by atoms with Crippen molar-refractivity contribution in [3.8, 4) is 0 Å². The molecule has 0 aromatic carbocycles. The summed E-state index contributed by atoms with van der Waals surface area (Å²) in [7, 11) is 0. The minimum Gasteiger partial charge on any atom is -0.329 e. The summed E-state index contributed by atoms with van der Waals surface area (Å²) in [6, 6.07) is 4.43. The van der Waals surface area contributed by atoms with Gasteiger partial charge in [-0.05, 0) is 24.6 Å². The molecule has 6 nitrogen and oxygen atoms in total. The van der Waals surface area contributed by atoms with Crippen molar-refractivity contribution in [2.24, 2.45) is 0 Å². The topological polar surface area (TPSA) is 78.1 Å². The van der Waals surface area contributed by atoms with Crippen LogP contribution in [0, 0.1) is 5.82 Å². The van der Waals surface area contributed by atoms with Gasteiger partial charge in [0.2, 0.25) is 11.5 Å². The van der Waals surface area contributed by atoms with Crippen molar-refractivity contribution in [2.45, 2.75) is 31.2 Å². The number of hydrogen-bond donors (Lipinski definition) is 2.